The van der Waals surface area contributed by atoms with Gasteiger partial charge in [0.2, 0.25) is 0 Å². The number of amides is 1. The van der Waals surface area contributed by atoms with E-state index < -0.39 is 6.10 Å². The summed E-state index contributed by atoms with van der Waals surface area (Å²) in [6.07, 6.45) is 10.4. The van der Waals surface area contributed by atoms with Crippen molar-refractivity contribution in [2.24, 2.45) is 7.05 Å². The first-order valence-electron chi connectivity index (χ1n) is 12.1. The largest absolute Gasteiger partial charge is 0.389 e. The van der Waals surface area contributed by atoms with Crippen molar-refractivity contribution in [2.75, 3.05) is 26.3 Å². The second-order valence-electron chi connectivity index (χ2n) is 9.36. The van der Waals surface area contributed by atoms with Gasteiger partial charge in [0.05, 0.1) is 18.3 Å². The molecule has 36 heavy (non-hydrogen) atoms. The summed E-state index contributed by atoms with van der Waals surface area (Å²) in [5.74, 6) is 0.411. The number of nitrogens with zero attached hydrogens (tertiary/aromatic N) is 7. The first-order chi connectivity index (χ1) is 17.5. The van der Waals surface area contributed by atoms with Gasteiger partial charge in [0.15, 0.2) is 11.5 Å². The van der Waals surface area contributed by atoms with Crippen molar-refractivity contribution in [1.29, 1.82) is 0 Å². The Bertz CT molecular complexity index is 1380. The highest BCUT2D eigenvalue weighted by atomic mass is 16.5. The Hall–Kier alpha value is -3.89. The molecule has 1 aromatic carbocycles. The maximum absolute atomic E-state index is 13.2. The topological polar surface area (TPSA) is 111 Å². The van der Waals surface area contributed by atoms with Crippen molar-refractivity contribution in [3.63, 3.8) is 0 Å². The van der Waals surface area contributed by atoms with Gasteiger partial charge in [0.25, 0.3) is 5.91 Å². The van der Waals surface area contributed by atoms with E-state index in [1.807, 2.05) is 54.6 Å². The van der Waals surface area contributed by atoms with Crippen molar-refractivity contribution < 1.29 is 14.6 Å². The number of aliphatic hydroxyl groups excluding tert-OH is 1. The third-order valence-corrected chi connectivity index (χ3v) is 6.77. The zero-order valence-corrected chi connectivity index (χ0v) is 20.0. The van der Waals surface area contributed by atoms with Crippen molar-refractivity contribution >= 4 is 5.91 Å². The molecule has 0 radical (unpaired) electrons. The lowest BCUT2D eigenvalue weighted by Gasteiger charge is -2.35. The maximum Gasteiger partial charge on any atom is 0.275 e. The number of ether oxygens (including phenoxy) is 1. The van der Waals surface area contributed by atoms with Crippen molar-refractivity contribution in [3.8, 4) is 33.6 Å². The third-order valence-electron chi connectivity index (χ3n) is 6.77. The van der Waals surface area contributed by atoms with Crippen LogP contribution in [0.1, 0.15) is 29.4 Å². The minimum absolute atomic E-state index is 0.177. The maximum atomic E-state index is 13.2. The van der Waals surface area contributed by atoms with Crippen LogP contribution in [0, 0.1) is 0 Å². The smallest absolute Gasteiger partial charge is 0.275 e. The molecule has 0 unspecified atom stereocenters. The summed E-state index contributed by atoms with van der Waals surface area (Å²) in [5.41, 5.74) is 4.75. The van der Waals surface area contributed by atoms with Crippen LogP contribution in [0.25, 0.3) is 33.6 Å². The SMILES string of the molecule is Cn1cc(-c2cccc(-c3ncc(-c4cn(C5CCOCC5)nc4C(=O)N4CC(O)C4)cn3)c2)cn1. The molecule has 3 aromatic heterocycles. The van der Waals surface area contributed by atoms with E-state index in [2.05, 4.69) is 15.1 Å². The molecule has 5 heterocycles. The van der Waals surface area contributed by atoms with E-state index in [9.17, 15) is 9.90 Å². The molecule has 4 aromatic rings. The number of rotatable bonds is 5. The molecule has 1 N–H and O–H groups in total. The monoisotopic (exact) mass is 485 g/mol. The molecule has 10 heteroatoms. The fourth-order valence-corrected chi connectivity index (χ4v) is 4.69. The number of benzene rings is 1. The number of β-amino-alcohol motifs (C(OH)–C–C–N with tert-alkyl or cyclic N) is 1. The number of aromatic nitrogens is 6. The molecule has 184 valence electrons. The predicted molar refractivity (Wildman–Crippen MR) is 132 cm³/mol. The molecule has 2 aliphatic rings. The van der Waals surface area contributed by atoms with E-state index in [1.165, 1.54) is 0 Å². The van der Waals surface area contributed by atoms with Crippen molar-refractivity contribution in [2.45, 2.75) is 25.0 Å². The van der Waals surface area contributed by atoms with Crippen molar-refractivity contribution in [3.05, 3.63) is 60.9 Å². The second kappa shape index (κ2) is 9.29. The molecule has 0 bridgehead atoms. The highest BCUT2D eigenvalue weighted by molar-refractivity contribution is 5.99. The molecule has 0 saturated carbocycles. The van der Waals surface area contributed by atoms with Crippen molar-refractivity contribution in [1.82, 2.24) is 34.4 Å². The van der Waals surface area contributed by atoms with Gasteiger partial charge in [-0.25, -0.2) is 9.97 Å². The number of aliphatic hydroxyl groups is 1. The lowest BCUT2D eigenvalue weighted by molar-refractivity contribution is 0.00541. The number of hydrogen-bond donors (Lipinski definition) is 1. The molecule has 1 amide bonds. The van der Waals surface area contributed by atoms with Gasteiger partial charge >= 0.3 is 0 Å². The Morgan fingerprint density at radius 1 is 1.00 bits per heavy atom. The number of carbonyl (C=O) groups excluding carboxylic acids is 1. The predicted octanol–water partition coefficient (Wildman–Crippen LogP) is 2.58. The molecule has 2 saturated heterocycles. The molecule has 0 spiro atoms. The zero-order chi connectivity index (χ0) is 24.6. The lowest BCUT2D eigenvalue weighted by Crippen LogP contribution is -2.53. The average molecular weight is 486 g/mol. The first-order valence-corrected chi connectivity index (χ1v) is 12.1. The third kappa shape index (κ3) is 4.29. The van der Waals surface area contributed by atoms with Crippen LogP contribution in [0.4, 0.5) is 0 Å². The van der Waals surface area contributed by atoms with E-state index in [0.717, 1.165) is 35.1 Å². The highest BCUT2D eigenvalue weighted by Crippen LogP contribution is 2.30. The van der Waals surface area contributed by atoms with Gasteiger partial charge in [-0.1, -0.05) is 18.2 Å². The van der Waals surface area contributed by atoms with Gasteiger partial charge < -0.3 is 14.7 Å². The molecule has 6 rings (SSSR count). The summed E-state index contributed by atoms with van der Waals surface area (Å²) >= 11 is 0. The summed E-state index contributed by atoms with van der Waals surface area (Å²) in [6, 6.07) is 8.20. The molecule has 2 aliphatic heterocycles. The normalized spacial score (nSPS) is 16.8. The summed E-state index contributed by atoms with van der Waals surface area (Å²) < 4.78 is 9.14. The van der Waals surface area contributed by atoms with E-state index >= 15 is 0 Å². The van der Waals surface area contributed by atoms with E-state index in [1.54, 1.807) is 22.0 Å². The summed E-state index contributed by atoms with van der Waals surface area (Å²) in [7, 11) is 1.89. The van der Waals surface area contributed by atoms with E-state index in [-0.39, 0.29) is 11.9 Å². The summed E-state index contributed by atoms with van der Waals surface area (Å²) in [4.78, 5) is 24.1. The second-order valence-corrected chi connectivity index (χ2v) is 9.36. The van der Waals surface area contributed by atoms with Gasteiger partial charge in [-0.3, -0.25) is 14.2 Å². The fraction of sp³-hybridized carbons (Fsp3) is 0.346. The number of carbonyl (C=O) groups is 1. The molecule has 2 fully saturated rings. The zero-order valence-electron chi connectivity index (χ0n) is 20.0. The molecule has 10 nitrogen and oxygen atoms in total. The number of aryl methyl sites for hydroxylation is 1. The Morgan fingerprint density at radius 2 is 1.75 bits per heavy atom. The van der Waals surface area contributed by atoms with Crippen LogP contribution in [0.2, 0.25) is 0 Å². The Labute approximate surface area is 208 Å². The summed E-state index contributed by atoms with van der Waals surface area (Å²) in [6.45, 7) is 2.00. The van der Waals surface area contributed by atoms with Crippen LogP contribution < -0.4 is 0 Å². The van der Waals surface area contributed by atoms with Crippen LogP contribution in [-0.2, 0) is 11.8 Å². The Kier molecular flexibility index (Phi) is 5.82. The Morgan fingerprint density at radius 3 is 2.44 bits per heavy atom. The highest BCUT2D eigenvalue weighted by Gasteiger charge is 2.33. The van der Waals surface area contributed by atoms with Crippen LogP contribution in [0.3, 0.4) is 0 Å². The minimum Gasteiger partial charge on any atom is -0.389 e. The quantitative estimate of drug-likeness (QED) is 0.462. The Balaban J connectivity index is 1.31. The molecule has 0 aliphatic carbocycles. The van der Waals surface area contributed by atoms with Crippen LogP contribution in [0.5, 0.6) is 0 Å². The number of likely N-dealkylation sites (tertiary alicyclic amines) is 1. The van der Waals surface area contributed by atoms with Crippen LogP contribution in [0.15, 0.2) is 55.2 Å². The van der Waals surface area contributed by atoms with Gasteiger partial charge in [0.1, 0.15) is 0 Å². The summed E-state index contributed by atoms with van der Waals surface area (Å²) in [5, 5.41) is 18.6. The minimum atomic E-state index is -0.472. The number of hydrogen-bond acceptors (Lipinski definition) is 7. The lowest BCUT2D eigenvalue weighted by atomic mass is 10.1. The molecular weight excluding hydrogens is 458 g/mol. The standard InChI is InChI=1S/C26H27N7O3/c1-31-13-20(12-29-31)17-3-2-4-18(9-17)25-27-10-19(11-28-25)23-16-33(21-5-7-36-8-6-21)30-24(23)26(35)32-14-22(34)15-32/h2-4,9-13,16,21-22,34H,5-8,14-15H2,1H3. The van der Waals surface area contributed by atoms with Gasteiger partial charge in [0, 0.05) is 80.4 Å². The van der Waals surface area contributed by atoms with Gasteiger partial charge in [-0.15, -0.1) is 0 Å². The van der Waals surface area contributed by atoms with Gasteiger partial charge in [-0.05, 0) is 24.5 Å². The van der Waals surface area contributed by atoms with Gasteiger partial charge in [-0.2, -0.15) is 10.2 Å². The van der Waals surface area contributed by atoms with Crippen LogP contribution >= 0.6 is 0 Å². The van der Waals surface area contributed by atoms with E-state index in [4.69, 9.17) is 9.84 Å². The average Bonchev–Trinajstić information content (AvgIpc) is 3.54. The molecule has 0 atom stereocenters. The van der Waals surface area contributed by atoms with Crippen LogP contribution in [-0.4, -0.2) is 77.8 Å². The first kappa shape index (κ1) is 22.6. The molecular formula is C26H27N7O3. The van der Waals surface area contributed by atoms with E-state index in [0.29, 0.717) is 43.4 Å². The fourth-order valence-electron chi connectivity index (χ4n) is 4.69.